The van der Waals surface area contributed by atoms with E-state index in [-0.39, 0.29) is 11.5 Å². The van der Waals surface area contributed by atoms with Gasteiger partial charge in [-0.2, -0.15) is 0 Å². The van der Waals surface area contributed by atoms with Gasteiger partial charge in [-0.05, 0) is 23.6 Å². The van der Waals surface area contributed by atoms with E-state index < -0.39 is 17.5 Å². The number of carbonyl (C=O) groups excluding carboxylic acids is 2. The molecule has 1 aromatic heterocycles. The van der Waals surface area contributed by atoms with Crippen LogP contribution >= 0.6 is 11.3 Å². The van der Waals surface area contributed by atoms with Crippen LogP contribution in [0, 0.1) is 11.6 Å². The fourth-order valence-corrected chi connectivity index (χ4v) is 3.36. The van der Waals surface area contributed by atoms with E-state index in [0.29, 0.717) is 38.7 Å². The van der Waals surface area contributed by atoms with Gasteiger partial charge < -0.3 is 9.80 Å². The molecule has 2 aromatic rings. The molecule has 1 aliphatic rings. The predicted molar refractivity (Wildman–Crippen MR) is 86.9 cm³/mol. The van der Waals surface area contributed by atoms with Gasteiger partial charge in [0.25, 0.3) is 5.91 Å². The Labute approximate surface area is 142 Å². The van der Waals surface area contributed by atoms with E-state index in [1.54, 1.807) is 4.90 Å². The summed E-state index contributed by atoms with van der Waals surface area (Å²) >= 11 is 1.54. The lowest BCUT2D eigenvalue weighted by atomic mass is 10.1. The van der Waals surface area contributed by atoms with Crippen molar-refractivity contribution in [3.05, 3.63) is 57.8 Å². The van der Waals surface area contributed by atoms with E-state index in [0.717, 1.165) is 17.0 Å². The van der Waals surface area contributed by atoms with Gasteiger partial charge in [-0.1, -0.05) is 6.07 Å². The highest BCUT2D eigenvalue weighted by atomic mass is 32.1. The zero-order valence-corrected chi connectivity index (χ0v) is 13.7. The van der Waals surface area contributed by atoms with Crippen molar-refractivity contribution in [1.29, 1.82) is 0 Å². The van der Waals surface area contributed by atoms with Crippen molar-refractivity contribution < 1.29 is 18.4 Å². The molecule has 0 unspecified atom stereocenters. The highest BCUT2D eigenvalue weighted by Gasteiger charge is 2.26. The summed E-state index contributed by atoms with van der Waals surface area (Å²) in [6, 6.07) is 6.74. The first-order valence-corrected chi connectivity index (χ1v) is 8.47. The van der Waals surface area contributed by atoms with Gasteiger partial charge in [0, 0.05) is 37.1 Å². The summed E-state index contributed by atoms with van der Waals surface area (Å²) in [5, 5.41) is 1.93. The first-order chi connectivity index (χ1) is 11.5. The van der Waals surface area contributed by atoms with Crippen molar-refractivity contribution in [3.8, 4) is 0 Å². The Morgan fingerprint density at radius 3 is 2.38 bits per heavy atom. The number of rotatable bonds is 3. The molecule has 0 N–H and O–H groups in total. The van der Waals surface area contributed by atoms with Crippen LogP contribution in [0.5, 0.6) is 0 Å². The average molecular weight is 350 g/mol. The number of thiophene rings is 1. The third-order valence-electron chi connectivity index (χ3n) is 3.99. The van der Waals surface area contributed by atoms with Crippen molar-refractivity contribution in [1.82, 2.24) is 9.80 Å². The smallest absolute Gasteiger partial charge is 0.256 e. The van der Waals surface area contributed by atoms with Crippen LogP contribution in [0.1, 0.15) is 15.2 Å². The molecule has 1 saturated heterocycles. The summed E-state index contributed by atoms with van der Waals surface area (Å²) in [4.78, 5) is 28.8. The van der Waals surface area contributed by atoms with E-state index >= 15 is 0 Å². The van der Waals surface area contributed by atoms with Gasteiger partial charge in [0.2, 0.25) is 5.91 Å². The standard InChI is InChI=1S/C17H16F2N2O2S/c18-12-3-4-14(15(19)10-12)17(23)21-7-5-20(6-8-21)16(22)11-13-2-1-9-24-13/h1-4,9-10H,5-8,11H2. The molecular weight excluding hydrogens is 334 g/mol. The molecule has 4 nitrogen and oxygen atoms in total. The van der Waals surface area contributed by atoms with Gasteiger partial charge >= 0.3 is 0 Å². The van der Waals surface area contributed by atoms with E-state index in [4.69, 9.17) is 0 Å². The normalized spacial score (nSPS) is 14.8. The Balaban J connectivity index is 1.58. The number of carbonyl (C=O) groups is 2. The molecule has 0 aliphatic carbocycles. The summed E-state index contributed by atoms with van der Waals surface area (Å²) in [7, 11) is 0. The van der Waals surface area contributed by atoms with Gasteiger partial charge in [0.15, 0.2) is 0 Å². The second kappa shape index (κ2) is 7.09. The summed E-state index contributed by atoms with van der Waals surface area (Å²) in [5.74, 6) is -2.03. The van der Waals surface area contributed by atoms with Gasteiger partial charge in [0.1, 0.15) is 11.6 Å². The lowest BCUT2D eigenvalue weighted by Gasteiger charge is -2.34. The quantitative estimate of drug-likeness (QED) is 0.854. The van der Waals surface area contributed by atoms with Gasteiger partial charge in [-0.15, -0.1) is 11.3 Å². The molecule has 7 heteroatoms. The van der Waals surface area contributed by atoms with Gasteiger partial charge in [-0.3, -0.25) is 9.59 Å². The topological polar surface area (TPSA) is 40.6 Å². The van der Waals surface area contributed by atoms with Crippen LogP contribution in [0.15, 0.2) is 35.7 Å². The molecule has 0 bridgehead atoms. The molecule has 1 aliphatic heterocycles. The van der Waals surface area contributed by atoms with Crippen molar-refractivity contribution in [2.45, 2.75) is 6.42 Å². The Morgan fingerprint density at radius 1 is 1.04 bits per heavy atom. The van der Waals surface area contributed by atoms with E-state index in [1.165, 1.54) is 16.2 Å². The minimum atomic E-state index is -0.865. The fourth-order valence-electron chi connectivity index (χ4n) is 2.67. The largest absolute Gasteiger partial charge is 0.339 e. The molecule has 0 saturated carbocycles. The number of hydrogen-bond acceptors (Lipinski definition) is 3. The molecular formula is C17H16F2N2O2S. The lowest BCUT2D eigenvalue weighted by Crippen LogP contribution is -2.51. The minimum absolute atomic E-state index is 0.0255. The van der Waals surface area contributed by atoms with Crippen LogP contribution in [0.2, 0.25) is 0 Å². The van der Waals surface area contributed by atoms with Crippen molar-refractivity contribution in [3.63, 3.8) is 0 Å². The number of halogens is 2. The Kier molecular flexibility index (Phi) is 4.89. The predicted octanol–water partition coefficient (Wildman–Crippen LogP) is 2.55. The highest BCUT2D eigenvalue weighted by Crippen LogP contribution is 2.15. The van der Waals surface area contributed by atoms with Crippen LogP contribution < -0.4 is 0 Å². The van der Waals surface area contributed by atoms with Crippen molar-refractivity contribution in [2.75, 3.05) is 26.2 Å². The van der Waals surface area contributed by atoms with Crippen LogP contribution in [-0.4, -0.2) is 47.8 Å². The van der Waals surface area contributed by atoms with Gasteiger partial charge in [0.05, 0.1) is 12.0 Å². The third kappa shape index (κ3) is 3.62. The summed E-state index contributed by atoms with van der Waals surface area (Å²) in [6.07, 6.45) is 0.359. The lowest BCUT2D eigenvalue weighted by molar-refractivity contribution is -0.131. The molecule has 1 fully saturated rings. The van der Waals surface area contributed by atoms with Gasteiger partial charge in [-0.25, -0.2) is 8.78 Å². The van der Waals surface area contributed by atoms with Crippen LogP contribution in [0.3, 0.4) is 0 Å². The molecule has 2 amide bonds. The maximum absolute atomic E-state index is 13.7. The maximum atomic E-state index is 13.7. The Bertz CT molecular complexity index is 741. The third-order valence-corrected chi connectivity index (χ3v) is 4.86. The van der Waals surface area contributed by atoms with Crippen molar-refractivity contribution in [2.24, 2.45) is 0 Å². The molecule has 24 heavy (non-hydrogen) atoms. The second-order valence-corrected chi connectivity index (χ2v) is 6.59. The summed E-state index contributed by atoms with van der Waals surface area (Å²) < 4.78 is 26.7. The van der Waals surface area contributed by atoms with E-state index in [2.05, 4.69) is 0 Å². The molecule has 2 heterocycles. The van der Waals surface area contributed by atoms with Crippen LogP contribution in [0.4, 0.5) is 8.78 Å². The van der Waals surface area contributed by atoms with E-state index in [9.17, 15) is 18.4 Å². The molecule has 1 aromatic carbocycles. The SMILES string of the molecule is O=C(Cc1cccs1)N1CCN(C(=O)c2ccc(F)cc2F)CC1. The minimum Gasteiger partial charge on any atom is -0.339 e. The first kappa shape index (κ1) is 16.6. The maximum Gasteiger partial charge on any atom is 0.256 e. The zero-order chi connectivity index (χ0) is 17.1. The van der Waals surface area contributed by atoms with Crippen LogP contribution in [0.25, 0.3) is 0 Å². The van der Waals surface area contributed by atoms with Crippen molar-refractivity contribution >= 4 is 23.2 Å². The summed E-state index contributed by atoms with van der Waals surface area (Å²) in [6.45, 7) is 1.51. The molecule has 0 radical (unpaired) electrons. The molecule has 0 spiro atoms. The number of nitrogens with zero attached hydrogens (tertiary/aromatic N) is 2. The molecule has 126 valence electrons. The summed E-state index contributed by atoms with van der Waals surface area (Å²) in [5.41, 5.74) is -0.144. The first-order valence-electron chi connectivity index (χ1n) is 7.59. The number of amides is 2. The molecule has 3 rings (SSSR count). The average Bonchev–Trinajstić information content (AvgIpc) is 3.07. The Hall–Kier alpha value is -2.28. The molecule has 0 atom stereocenters. The zero-order valence-electron chi connectivity index (χ0n) is 12.9. The number of benzene rings is 1. The Morgan fingerprint density at radius 2 is 1.75 bits per heavy atom. The second-order valence-electron chi connectivity index (χ2n) is 5.55. The number of piperazine rings is 1. The fraction of sp³-hybridized carbons (Fsp3) is 0.294. The number of hydrogen-bond donors (Lipinski definition) is 0. The van der Waals surface area contributed by atoms with E-state index in [1.807, 2.05) is 17.5 Å². The highest BCUT2D eigenvalue weighted by molar-refractivity contribution is 7.10. The monoisotopic (exact) mass is 350 g/mol. The van der Waals surface area contributed by atoms with Crippen LogP contribution in [-0.2, 0) is 11.2 Å².